The van der Waals surface area contributed by atoms with E-state index in [1.165, 1.54) is 0 Å². The molecule has 0 spiro atoms. The van der Waals surface area contributed by atoms with Crippen molar-refractivity contribution in [2.75, 3.05) is 16.4 Å². The molecule has 5 aromatic rings. The molecule has 4 N–H and O–H groups in total. The molecule has 0 aliphatic carbocycles. The summed E-state index contributed by atoms with van der Waals surface area (Å²) in [6.07, 6.45) is 2.42. The first-order valence-electron chi connectivity index (χ1n) is 11.2. The minimum absolute atomic E-state index is 0.169. The van der Waals surface area contributed by atoms with E-state index in [4.69, 9.17) is 5.73 Å². The standard InChI is InChI=1S/C28H24N6O/c1-18-16-23(34-28(29)31-18)17-19-6-10-22(11-7-19)33-27(35)20-8-12-21(13-9-20)32-26-14-15-30-25-5-3-2-4-24(25)26/h2-16H,17H2,1H3,(H,30,32)(H,33,35)(H2,29,31,34). The van der Waals surface area contributed by atoms with Gasteiger partial charge in [-0.05, 0) is 67.1 Å². The van der Waals surface area contributed by atoms with Crippen molar-refractivity contribution in [1.82, 2.24) is 15.0 Å². The maximum absolute atomic E-state index is 12.7. The average molecular weight is 461 g/mol. The van der Waals surface area contributed by atoms with E-state index in [9.17, 15) is 4.79 Å². The summed E-state index contributed by atoms with van der Waals surface area (Å²) in [5.41, 5.74) is 12.6. The molecule has 7 nitrogen and oxygen atoms in total. The van der Waals surface area contributed by atoms with E-state index >= 15 is 0 Å². The number of carbonyl (C=O) groups excluding carboxylic acids is 1. The molecule has 0 bridgehead atoms. The second-order valence-corrected chi connectivity index (χ2v) is 8.26. The van der Waals surface area contributed by atoms with Crippen LogP contribution in [0.3, 0.4) is 0 Å². The summed E-state index contributed by atoms with van der Waals surface area (Å²) in [5.74, 6) is 0.108. The minimum Gasteiger partial charge on any atom is -0.368 e. The number of benzene rings is 3. The van der Waals surface area contributed by atoms with Gasteiger partial charge in [-0.1, -0.05) is 30.3 Å². The van der Waals surface area contributed by atoms with Crippen LogP contribution in [0.4, 0.5) is 23.0 Å². The fourth-order valence-electron chi connectivity index (χ4n) is 3.93. The van der Waals surface area contributed by atoms with Gasteiger partial charge in [-0.25, -0.2) is 9.97 Å². The number of anilines is 4. The van der Waals surface area contributed by atoms with Gasteiger partial charge < -0.3 is 16.4 Å². The second-order valence-electron chi connectivity index (χ2n) is 8.26. The van der Waals surface area contributed by atoms with E-state index in [-0.39, 0.29) is 11.9 Å². The van der Waals surface area contributed by atoms with Crippen molar-refractivity contribution in [2.24, 2.45) is 0 Å². The number of nitrogens with two attached hydrogens (primary N) is 1. The Morgan fingerprint density at radius 2 is 1.63 bits per heavy atom. The van der Waals surface area contributed by atoms with Gasteiger partial charge in [0.05, 0.1) is 11.2 Å². The molecule has 35 heavy (non-hydrogen) atoms. The van der Waals surface area contributed by atoms with Crippen molar-refractivity contribution >= 4 is 39.8 Å². The molecule has 0 atom stereocenters. The molecule has 0 saturated heterocycles. The van der Waals surface area contributed by atoms with Crippen molar-refractivity contribution in [1.29, 1.82) is 0 Å². The van der Waals surface area contributed by atoms with Crippen molar-refractivity contribution in [3.05, 3.63) is 114 Å². The predicted octanol–water partition coefficient (Wildman–Crippen LogP) is 5.50. The second kappa shape index (κ2) is 9.61. The molecular formula is C28H24N6O. The average Bonchev–Trinajstić information content (AvgIpc) is 2.85. The van der Waals surface area contributed by atoms with Crippen LogP contribution in [-0.4, -0.2) is 20.9 Å². The Morgan fingerprint density at radius 3 is 2.40 bits per heavy atom. The van der Waals surface area contributed by atoms with Crippen molar-refractivity contribution in [3.8, 4) is 0 Å². The molecule has 0 radical (unpaired) electrons. The zero-order valence-electron chi connectivity index (χ0n) is 19.2. The number of hydrogen-bond acceptors (Lipinski definition) is 6. The normalized spacial score (nSPS) is 10.8. The molecule has 5 rings (SSSR count). The lowest BCUT2D eigenvalue weighted by molar-refractivity contribution is 0.102. The number of nitrogens with zero attached hydrogens (tertiary/aromatic N) is 3. The number of pyridine rings is 1. The summed E-state index contributed by atoms with van der Waals surface area (Å²) < 4.78 is 0. The van der Waals surface area contributed by atoms with Gasteiger partial charge in [0.2, 0.25) is 5.95 Å². The van der Waals surface area contributed by atoms with Gasteiger partial charge in [-0.15, -0.1) is 0 Å². The van der Waals surface area contributed by atoms with Gasteiger partial charge in [0, 0.05) is 46.3 Å². The van der Waals surface area contributed by atoms with Gasteiger partial charge >= 0.3 is 0 Å². The number of nitrogens with one attached hydrogen (secondary N) is 2. The van der Waals surface area contributed by atoms with E-state index in [1.54, 1.807) is 18.3 Å². The summed E-state index contributed by atoms with van der Waals surface area (Å²) in [5, 5.41) is 7.40. The zero-order chi connectivity index (χ0) is 24.2. The summed E-state index contributed by atoms with van der Waals surface area (Å²) in [4.78, 5) is 25.5. The molecule has 0 aliphatic heterocycles. The number of para-hydroxylation sites is 1. The van der Waals surface area contributed by atoms with Crippen LogP contribution in [0.2, 0.25) is 0 Å². The van der Waals surface area contributed by atoms with Crippen LogP contribution in [0.1, 0.15) is 27.3 Å². The lowest BCUT2D eigenvalue weighted by Gasteiger charge is -2.11. The van der Waals surface area contributed by atoms with Gasteiger partial charge in [-0.3, -0.25) is 9.78 Å². The Morgan fingerprint density at radius 1 is 0.886 bits per heavy atom. The molecule has 0 saturated carbocycles. The fraction of sp³-hybridized carbons (Fsp3) is 0.0714. The maximum atomic E-state index is 12.7. The van der Waals surface area contributed by atoms with Crippen LogP contribution in [0.5, 0.6) is 0 Å². The van der Waals surface area contributed by atoms with Crippen molar-refractivity contribution < 1.29 is 4.79 Å². The molecular weight excluding hydrogens is 436 g/mol. The van der Waals surface area contributed by atoms with E-state index in [0.717, 1.165) is 44.9 Å². The van der Waals surface area contributed by atoms with Crippen LogP contribution in [-0.2, 0) is 6.42 Å². The minimum atomic E-state index is -0.169. The first-order chi connectivity index (χ1) is 17.0. The third-order valence-electron chi connectivity index (χ3n) is 5.60. The molecule has 2 aromatic heterocycles. The Hall–Kier alpha value is -4.78. The number of carbonyl (C=O) groups is 1. The van der Waals surface area contributed by atoms with Crippen molar-refractivity contribution in [2.45, 2.75) is 13.3 Å². The first-order valence-corrected chi connectivity index (χ1v) is 11.2. The number of rotatable bonds is 6. The SMILES string of the molecule is Cc1cc(Cc2ccc(NC(=O)c3ccc(Nc4ccnc5ccccc45)cc3)cc2)nc(N)n1. The molecule has 1 amide bonds. The summed E-state index contributed by atoms with van der Waals surface area (Å²) in [6, 6.07) is 26.9. The molecule has 7 heteroatoms. The summed E-state index contributed by atoms with van der Waals surface area (Å²) in [7, 11) is 0. The zero-order valence-corrected chi connectivity index (χ0v) is 19.2. The quantitative estimate of drug-likeness (QED) is 0.309. The third-order valence-corrected chi connectivity index (χ3v) is 5.60. The molecule has 0 fully saturated rings. The van der Waals surface area contributed by atoms with Gasteiger partial charge in [0.25, 0.3) is 5.91 Å². The number of fused-ring (bicyclic) bond motifs is 1. The third kappa shape index (κ3) is 5.25. The topological polar surface area (TPSA) is 106 Å². The van der Waals surface area contributed by atoms with E-state index in [0.29, 0.717) is 12.0 Å². The summed E-state index contributed by atoms with van der Waals surface area (Å²) in [6.45, 7) is 1.89. The van der Waals surface area contributed by atoms with E-state index in [2.05, 4.69) is 25.6 Å². The Bertz CT molecular complexity index is 1470. The molecule has 2 heterocycles. The highest BCUT2D eigenvalue weighted by Gasteiger charge is 2.08. The number of hydrogen-bond donors (Lipinski definition) is 3. The maximum Gasteiger partial charge on any atom is 0.255 e. The highest BCUT2D eigenvalue weighted by atomic mass is 16.1. The Balaban J connectivity index is 1.23. The number of amides is 1. The fourth-order valence-corrected chi connectivity index (χ4v) is 3.93. The number of nitrogen functional groups attached to an aromatic ring is 1. The Kier molecular flexibility index (Phi) is 6.05. The van der Waals surface area contributed by atoms with Crippen LogP contribution in [0, 0.1) is 6.92 Å². The largest absolute Gasteiger partial charge is 0.368 e. The smallest absolute Gasteiger partial charge is 0.255 e. The Labute approximate surface area is 203 Å². The first kappa shape index (κ1) is 22.0. The lowest BCUT2D eigenvalue weighted by Crippen LogP contribution is -2.11. The summed E-state index contributed by atoms with van der Waals surface area (Å²) >= 11 is 0. The van der Waals surface area contributed by atoms with E-state index < -0.39 is 0 Å². The molecule has 3 aromatic carbocycles. The molecule has 0 aliphatic rings. The van der Waals surface area contributed by atoms with Gasteiger partial charge in [-0.2, -0.15) is 0 Å². The monoisotopic (exact) mass is 460 g/mol. The van der Waals surface area contributed by atoms with Gasteiger partial charge in [0.1, 0.15) is 0 Å². The highest BCUT2D eigenvalue weighted by Crippen LogP contribution is 2.25. The van der Waals surface area contributed by atoms with Crippen LogP contribution >= 0.6 is 0 Å². The van der Waals surface area contributed by atoms with Crippen LogP contribution in [0.15, 0.2) is 91.1 Å². The predicted molar refractivity (Wildman–Crippen MR) is 140 cm³/mol. The van der Waals surface area contributed by atoms with E-state index in [1.807, 2.05) is 79.7 Å². The lowest BCUT2D eigenvalue weighted by atomic mass is 10.1. The van der Waals surface area contributed by atoms with Crippen LogP contribution in [0.25, 0.3) is 10.9 Å². The van der Waals surface area contributed by atoms with Crippen molar-refractivity contribution in [3.63, 3.8) is 0 Å². The molecule has 0 unspecified atom stereocenters. The highest BCUT2D eigenvalue weighted by molar-refractivity contribution is 6.04. The number of aromatic nitrogens is 3. The van der Waals surface area contributed by atoms with Crippen LogP contribution < -0.4 is 16.4 Å². The van der Waals surface area contributed by atoms with Gasteiger partial charge in [0.15, 0.2) is 0 Å². The number of aryl methyl sites for hydroxylation is 1. The molecule has 172 valence electrons.